The van der Waals surface area contributed by atoms with E-state index < -0.39 is 4.92 Å². The van der Waals surface area contributed by atoms with Crippen molar-refractivity contribution in [2.45, 2.75) is 39.5 Å². The number of carbonyl (C=O) groups excluding carboxylic acids is 1. The van der Waals surface area contributed by atoms with Gasteiger partial charge in [-0.1, -0.05) is 19.8 Å². The first-order chi connectivity index (χ1) is 8.54. The molecule has 1 aromatic rings. The normalized spacial score (nSPS) is 10.1. The van der Waals surface area contributed by atoms with Crippen LogP contribution in [0.1, 0.15) is 38.2 Å². The topological polar surface area (TPSA) is 72.2 Å². The van der Waals surface area contributed by atoms with Crippen molar-refractivity contribution in [3.05, 3.63) is 33.9 Å². The number of aryl methyl sites for hydroxylation is 1. The Morgan fingerprint density at radius 3 is 2.67 bits per heavy atom. The van der Waals surface area contributed by atoms with Crippen LogP contribution in [0.25, 0.3) is 0 Å². The maximum absolute atomic E-state index is 11.6. The van der Waals surface area contributed by atoms with E-state index in [0.717, 1.165) is 19.3 Å². The smallest absolute Gasteiger partial charge is 0.269 e. The molecule has 1 N–H and O–H groups in total. The molecule has 0 saturated carbocycles. The highest BCUT2D eigenvalue weighted by atomic mass is 16.6. The van der Waals surface area contributed by atoms with Crippen LogP contribution in [0.3, 0.4) is 0 Å². The van der Waals surface area contributed by atoms with Crippen LogP contribution >= 0.6 is 0 Å². The van der Waals surface area contributed by atoms with Gasteiger partial charge in [0.25, 0.3) is 5.69 Å². The third kappa shape index (κ3) is 4.16. The van der Waals surface area contributed by atoms with Crippen molar-refractivity contribution in [1.29, 1.82) is 0 Å². The van der Waals surface area contributed by atoms with Crippen LogP contribution in [0, 0.1) is 17.0 Å². The Hall–Kier alpha value is -1.91. The Morgan fingerprint density at radius 2 is 2.11 bits per heavy atom. The standard InChI is InChI=1S/C13H18N2O3/c1-3-4-5-6-13(16)14-12-8-7-11(15(17)18)9-10(12)2/h7-9H,3-6H2,1-2H3,(H,14,16). The number of nitro benzene ring substituents is 1. The lowest BCUT2D eigenvalue weighted by atomic mass is 10.1. The molecule has 18 heavy (non-hydrogen) atoms. The molecule has 5 nitrogen and oxygen atoms in total. The second kappa shape index (κ2) is 6.74. The number of carbonyl (C=O) groups is 1. The minimum Gasteiger partial charge on any atom is -0.326 e. The summed E-state index contributed by atoms with van der Waals surface area (Å²) in [7, 11) is 0. The first-order valence-electron chi connectivity index (χ1n) is 6.09. The van der Waals surface area contributed by atoms with Gasteiger partial charge in [-0.05, 0) is 25.0 Å². The van der Waals surface area contributed by atoms with Gasteiger partial charge in [0, 0.05) is 24.2 Å². The monoisotopic (exact) mass is 250 g/mol. The van der Waals surface area contributed by atoms with Crippen LogP contribution in [0.5, 0.6) is 0 Å². The van der Waals surface area contributed by atoms with E-state index in [-0.39, 0.29) is 11.6 Å². The first-order valence-corrected chi connectivity index (χ1v) is 6.09. The first kappa shape index (κ1) is 14.2. The van der Waals surface area contributed by atoms with Crippen molar-refractivity contribution >= 4 is 17.3 Å². The maximum Gasteiger partial charge on any atom is 0.269 e. The van der Waals surface area contributed by atoms with Gasteiger partial charge < -0.3 is 5.32 Å². The number of amides is 1. The predicted molar refractivity (Wildman–Crippen MR) is 70.6 cm³/mol. The molecule has 5 heteroatoms. The number of nitro groups is 1. The van der Waals surface area contributed by atoms with E-state index in [1.165, 1.54) is 12.1 Å². The lowest BCUT2D eigenvalue weighted by Crippen LogP contribution is -2.12. The number of rotatable bonds is 6. The number of anilines is 1. The molecule has 1 rings (SSSR count). The van der Waals surface area contributed by atoms with E-state index >= 15 is 0 Å². The summed E-state index contributed by atoms with van der Waals surface area (Å²) in [5.41, 5.74) is 1.38. The SMILES string of the molecule is CCCCCC(=O)Nc1ccc([N+](=O)[O-])cc1C. The van der Waals surface area contributed by atoms with E-state index in [0.29, 0.717) is 17.7 Å². The van der Waals surface area contributed by atoms with Crippen LogP contribution in [0.15, 0.2) is 18.2 Å². The van der Waals surface area contributed by atoms with Crippen molar-refractivity contribution < 1.29 is 9.72 Å². The molecular formula is C13H18N2O3. The van der Waals surface area contributed by atoms with Crippen molar-refractivity contribution in [1.82, 2.24) is 0 Å². The number of hydrogen-bond donors (Lipinski definition) is 1. The van der Waals surface area contributed by atoms with Crippen molar-refractivity contribution in [3.63, 3.8) is 0 Å². The highest BCUT2D eigenvalue weighted by Crippen LogP contribution is 2.21. The Labute approximate surface area is 106 Å². The molecule has 0 bridgehead atoms. The minimum absolute atomic E-state index is 0.0384. The van der Waals surface area contributed by atoms with Crippen LogP contribution in [-0.2, 0) is 4.79 Å². The van der Waals surface area contributed by atoms with Crippen molar-refractivity contribution in [2.75, 3.05) is 5.32 Å². The number of nitrogens with zero attached hydrogens (tertiary/aromatic N) is 1. The van der Waals surface area contributed by atoms with E-state index in [9.17, 15) is 14.9 Å². The molecule has 1 aromatic carbocycles. The molecule has 0 radical (unpaired) electrons. The molecule has 0 aliphatic heterocycles. The molecule has 0 saturated heterocycles. The zero-order chi connectivity index (χ0) is 13.5. The number of nitrogens with one attached hydrogen (secondary N) is 1. The van der Waals surface area contributed by atoms with Gasteiger partial charge in [0.2, 0.25) is 5.91 Å². The molecule has 0 fully saturated rings. The summed E-state index contributed by atoms with van der Waals surface area (Å²) < 4.78 is 0. The van der Waals surface area contributed by atoms with Crippen molar-refractivity contribution in [3.8, 4) is 0 Å². The van der Waals surface area contributed by atoms with E-state index in [1.54, 1.807) is 13.0 Å². The third-order valence-electron chi connectivity index (χ3n) is 2.70. The second-order valence-corrected chi connectivity index (χ2v) is 4.26. The Balaban J connectivity index is 2.62. The van der Waals surface area contributed by atoms with Gasteiger partial charge in [-0.2, -0.15) is 0 Å². The summed E-state index contributed by atoms with van der Waals surface area (Å²) in [4.78, 5) is 21.7. The number of non-ortho nitro benzene ring substituents is 1. The lowest BCUT2D eigenvalue weighted by molar-refractivity contribution is -0.384. The predicted octanol–water partition coefficient (Wildman–Crippen LogP) is 3.42. The van der Waals surface area contributed by atoms with Gasteiger partial charge in [0.1, 0.15) is 0 Å². The minimum atomic E-state index is -0.445. The van der Waals surface area contributed by atoms with Gasteiger partial charge in [0.15, 0.2) is 0 Å². The number of benzene rings is 1. The van der Waals surface area contributed by atoms with E-state index in [1.807, 2.05) is 0 Å². The van der Waals surface area contributed by atoms with Crippen LogP contribution < -0.4 is 5.32 Å². The zero-order valence-electron chi connectivity index (χ0n) is 10.7. The Morgan fingerprint density at radius 1 is 1.39 bits per heavy atom. The van der Waals surface area contributed by atoms with E-state index in [2.05, 4.69) is 12.2 Å². The summed E-state index contributed by atoms with van der Waals surface area (Å²) in [6.45, 7) is 3.83. The fraction of sp³-hybridized carbons (Fsp3) is 0.462. The van der Waals surface area contributed by atoms with Gasteiger partial charge in [-0.25, -0.2) is 0 Å². The van der Waals surface area contributed by atoms with Gasteiger partial charge >= 0.3 is 0 Å². The van der Waals surface area contributed by atoms with Crippen molar-refractivity contribution in [2.24, 2.45) is 0 Å². The highest BCUT2D eigenvalue weighted by Gasteiger charge is 2.09. The molecule has 0 aromatic heterocycles. The quantitative estimate of drug-likeness (QED) is 0.477. The summed E-state index contributed by atoms with van der Waals surface area (Å²) in [5, 5.41) is 13.4. The zero-order valence-corrected chi connectivity index (χ0v) is 10.7. The number of hydrogen-bond acceptors (Lipinski definition) is 3. The van der Waals surface area contributed by atoms with Crippen LogP contribution in [-0.4, -0.2) is 10.8 Å². The summed E-state index contributed by atoms with van der Waals surface area (Å²) in [6.07, 6.45) is 3.47. The third-order valence-corrected chi connectivity index (χ3v) is 2.70. The second-order valence-electron chi connectivity index (χ2n) is 4.26. The largest absolute Gasteiger partial charge is 0.326 e. The Kier molecular flexibility index (Phi) is 5.30. The number of unbranched alkanes of at least 4 members (excludes halogenated alkanes) is 2. The molecule has 0 aliphatic rings. The van der Waals surface area contributed by atoms with Gasteiger partial charge in [-0.3, -0.25) is 14.9 Å². The molecule has 0 spiro atoms. The fourth-order valence-electron chi connectivity index (χ4n) is 1.65. The lowest BCUT2D eigenvalue weighted by Gasteiger charge is -2.07. The average Bonchev–Trinajstić information content (AvgIpc) is 2.32. The molecule has 0 unspecified atom stereocenters. The maximum atomic E-state index is 11.6. The molecule has 1 amide bonds. The molecule has 0 atom stereocenters. The van der Waals surface area contributed by atoms with E-state index in [4.69, 9.17) is 0 Å². The molecular weight excluding hydrogens is 232 g/mol. The molecule has 0 aliphatic carbocycles. The fourth-order valence-corrected chi connectivity index (χ4v) is 1.65. The highest BCUT2D eigenvalue weighted by molar-refractivity contribution is 5.91. The Bertz CT molecular complexity index is 444. The molecule has 0 heterocycles. The van der Waals surface area contributed by atoms with Crippen LogP contribution in [0.4, 0.5) is 11.4 Å². The summed E-state index contributed by atoms with van der Waals surface area (Å²) in [6, 6.07) is 4.43. The summed E-state index contributed by atoms with van der Waals surface area (Å²) >= 11 is 0. The van der Waals surface area contributed by atoms with Crippen LogP contribution in [0.2, 0.25) is 0 Å². The van der Waals surface area contributed by atoms with Gasteiger partial charge in [0.05, 0.1) is 4.92 Å². The van der Waals surface area contributed by atoms with Gasteiger partial charge in [-0.15, -0.1) is 0 Å². The summed E-state index contributed by atoms with van der Waals surface area (Å²) in [5.74, 6) is -0.0413. The molecule has 98 valence electrons. The average molecular weight is 250 g/mol.